The second-order valence-corrected chi connectivity index (χ2v) is 6.33. The number of anilines is 2. The quantitative estimate of drug-likeness (QED) is 0.832. The molecular weight excluding hydrogens is 312 g/mol. The first-order valence-corrected chi connectivity index (χ1v) is 6.66. The molecule has 5 nitrogen and oxygen atoms in total. The fourth-order valence-electron chi connectivity index (χ4n) is 1.20. The van der Waals surface area contributed by atoms with Gasteiger partial charge in [-0.15, -0.1) is 0 Å². The predicted octanol–water partition coefficient (Wildman–Crippen LogP) is 3.37. The van der Waals surface area contributed by atoms with Crippen LogP contribution in [0.3, 0.4) is 0 Å². The summed E-state index contributed by atoms with van der Waals surface area (Å²) in [6.45, 7) is 5.58. The van der Waals surface area contributed by atoms with Gasteiger partial charge in [0.2, 0.25) is 5.91 Å². The fourth-order valence-corrected chi connectivity index (χ4v) is 1.30. The van der Waals surface area contributed by atoms with Crippen molar-refractivity contribution in [1.29, 1.82) is 0 Å². The lowest BCUT2D eigenvalue weighted by Crippen LogP contribution is -2.30. The van der Waals surface area contributed by atoms with E-state index in [0.717, 1.165) is 0 Å². The van der Waals surface area contributed by atoms with Crippen molar-refractivity contribution in [1.82, 2.24) is 0 Å². The molecule has 0 spiro atoms. The van der Waals surface area contributed by atoms with Crippen LogP contribution in [0.2, 0.25) is 0 Å². The Morgan fingerprint density at radius 3 is 2.05 bits per heavy atom. The largest absolute Gasteiger partial charge is 0.450 e. The van der Waals surface area contributed by atoms with E-state index < -0.39 is 10.4 Å². The molecule has 0 saturated carbocycles. The van der Waals surface area contributed by atoms with Crippen LogP contribution in [0.25, 0.3) is 0 Å². The lowest BCUT2D eigenvalue weighted by atomic mass is 10.2. The lowest BCUT2D eigenvalue weighted by molar-refractivity contribution is -0.117. The standard InChI is InChI=1S/C13H17BrN2O3/c1-4-19-12(18)16-10-7-5-9(6-8-10)15-11(17)13(2,3)14/h5-8H,4H2,1-3H3,(H,15,17)(H,16,18). The van der Waals surface area contributed by atoms with E-state index in [1.54, 1.807) is 45.0 Å². The summed E-state index contributed by atoms with van der Waals surface area (Å²) >= 11 is 3.28. The highest BCUT2D eigenvalue weighted by molar-refractivity contribution is 9.10. The maximum atomic E-state index is 11.7. The smallest absolute Gasteiger partial charge is 0.411 e. The molecule has 1 rings (SSSR count). The van der Waals surface area contributed by atoms with Crippen LogP contribution in [0.5, 0.6) is 0 Å². The van der Waals surface area contributed by atoms with Gasteiger partial charge in [-0.2, -0.15) is 0 Å². The van der Waals surface area contributed by atoms with Gasteiger partial charge in [0, 0.05) is 11.4 Å². The number of halogens is 1. The molecule has 0 saturated heterocycles. The Bertz CT molecular complexity index is 452. The molecule has 1 aromatic rings. The highest BCUT2D eigenvalue weighted by atomic mass is 79.9. The summed E-state index contributed by atoms with van der Waals surface area (Å²) in [5.74, 6) is -0.140. The molecule has 104 valence electrons. The average molecular weight is 329 g/mol. The first-order chi connectivity index (χ1) is 8.82. The zero-order valence-electron chi connectivity index (χ0n) is 11.1. The van der Waals surface area contributed by atoms with E-state index in [-0.39, 0.29) is 5.91 Å². The zero-order chi connectivity index (χ0) is 14.5. The van der Waals surface area contributed by atoms with Crippen LogP contribution in [-0.2, 0) is 9.53 Å². The van der Waals surface area contributed by atoms with E-state index in [1.807, 2.05) is 0 Å². The summed E-state index contributed by atoms with van der Waals surface area (Å²) in [5, 5.41) is 5.33. The minimum atomic E-state index is -0.630. The summed E-state index contributed by atoms with van der Waals surface area (Å²) in [6, 6.07) is 6.79. The molecule has 19 heavy (non-hydrogen) atoms. The summed E-state index contributed by atoms with van der Waals surface area (Å²) in [4.78, 5) is 22.9. The van der Waals surface area contributed by atoms with E-state index in [1.165, 1.54) is 0 Å². The van der Waals surface area contributed by atoms with Crippen molar-refractivity contribution in [3.63, 3.8) is 0 Å². The highest BCUT2D eigenvalue weighted by Gasteiger charge is 2.23. The Labute approximate surface area is 120 Å². The summed E-state index contributed by atoms with van der Waals surface area (Å²) in [7, 11) is 0. The third-order valence-corrected chi connectivity index (χ3v) is 2.56. The van der Waals surface area contributed by atoms with Crippen LogP contribution in [-0.4, -0.2) is 22.9 Å². The van der Waals surface area contributed by atoms with Gasteiger partial charge < -0.3 is 10.1 Å². The number of rotatable bonds is 4. The Kier molecular flexibility index (Phi) is 5.35. The summed E-state index contributed by atoms with van der Waals surface area (Å²) in [5.41, 5.74) is 1.27. The monoisotopic (exact) mass is 328 g/mol. The van der Waals surface area contributed by atoms with Crippen LogP contribution in [0.4, 0.5) is 16.2 Å². The van der Waals surface area contributed by atoms with Gasteiger partial charge in [-0.1, -0.05) is 15.9 Å². The molecular formula is C13H17BrN2O3. The topological polar surface area (TPSA) is 67.4 Å². The molecule has 1 aromatic carbocycles. The van der Waals surface area contributed by atoms with Crippen molar-refractivity contribution in [3.05, 3.63) is 24.3 Å². The third kappa shape index (κ3) is 5.30. The number of alkyl halides is 1. The van der Waals surface area contributed by atoms with E-state index in [9.17, 15) is 9.59 Å². The van der Waals surface area contributed by atoms with Gasteiger partial charge in [0.25, 0.3) is 0 Å². The van der Waals surface area contributed by atoms with Gasteiger partial charge in [-0.25, -0.2) is 4.79 Å². The number of carbonyl (C=O) groups is 2. The van der Waals surface area contributed by atoms with Crippen LogP contribution in [0, 0.1) is 0 Å². The lowest BCUT2D eigenvalue weighted by Gasteiger charge is -2.16. The molecule has 0 aliphatic heterocycles. The molecule has 0 atom stereocenters. The van der Waals surface area contributed by atoms with Crippen molar-refractivity contribution >= 4 is 39.3 Å². The number of hydrogen-bond acceptors (Lipinski definition) is 3. The molecule has 0 fully saturated rings. The van der Waals surface area contributed by atoms with E-state index in [0.29, 0.717) is 18.0 Å². The first kappa shape index (κ1) is 15.5. The molecule has 0 unspecified atom stereocenters. The van der Waals surface area contributed by atoms with E-state index in [2.05, 4.69) is 26.6 Å². The average Bonchev–Trinajstić information content (AvgIpc) is 2.30. The minimum absolute atomic E-state index is 0.140. The second-order valence-electron chi connectivity index (χ2n) is 4.35. The number of amides is 2. The van der Waals surface area contributed by atoms with E-state index in [4.69, 9.17) is 4.74 Å². The highest BCUT2D eigenvalue weighted by Crippen LogP contribution is 2.20. The van der Waals surface area contributed by atoms with E-state index >= 15 is 0 Å². The normalized spacial score (nSPS) is 10.7. The Balaban J connectivity index is 2.62. The van der Waals surface area contributed by atoms with Crippen molar-refractivity contribution in [3.8, 4) is 0 Å². The van der Waals surface area contributed by atoms with Crippen molar-refractivity contribution in [2.75, 3.05) is 17.2 Å². The summed E-state index contributed by atoms with van der Waals surface area (Å²) in [6.07, 6.45) is -0.499. The van der Waals surface area contributed by atoms with Crippen molar-refractivity contribution in [2.24, 2.45) is 0 Å². The molecule has 2 amide bonds. The first-order valence-electron chi connectivity index (χ1n) is 5.87. The predicted molar refractivity (Wildman–Crippen MR) is 78.7 cm³/mol. The molecule has 0 radical (unpaired) electrons. The number of benzene rings is 1. The SMILES string of the molecule is CCOC(=O)Nc1ccc(NC(=O)C(C)(C)Br)cc1. The molecule has 2 N–H and O–H groups in total. The van der Waals surface area contributed by atoms with Gasteiger partial charge in [-0.3, -0.25) is 10.1 Å². The van der Waals surface area contributed by atoms with Gasteiger partial charge in [0.05, 0.1) is 10.9 Å². The molecule has 0 aromatic heterocycles. The second kappa shape index (κ2) is 6.56. The van der Waals surface area contributed by atoms with Gasteiger partial charge in [0.15, 0.2) is 0 Å². The molecule has 0 aliphatic carbocycles. The summed E-state index contributed by atoms with van der Waals surface area (Å²) < 4.78 is 4.13. The zero-order valence-corrected chi connectivity index (χ0v) is 12.7. The van der Waals surface area contributed by atoms with Crippen LogP contribution in [0.15, 0.2) is 24.3 Å². The molecule has 0 aliphatic rings. The van der Waals surface area contributed by atoms with Crippen LogP contribution >= 0.6 is 15.9 Å². The molecule has 6 heteroatoms. The maximum absolute atomic E-state index is 11.7. The number of nitrogens with one attached hydrogen (secondary N) is 2. The van der Waals surface area contributed by atoms with Gasteiger partial charge >= 0.3 is 6.09 Å². The van der Waals surface area contributed by atoms with Gasteiger partial charge in [0.1, 0.15) is 0 Å². The molecule has 0 bridgehead atoms. The maximum Gasteiger partial charge on any atom is 0.411 e. The van der Waals surface area contributed by atoms with Crippen LogP contribution in [0.1, 0.15) is 20.8 Å². The number of ether oxygens (including phenoxy) is 1. The minimum Gasteiger partial charge on any atom is -0.450 e. The Hall–Kier alpha value is -1.56. The third-order valence-electron chi connectivity index (χ3n) is 2.20. The fraction of sp³-hybridized carbons (Fsp3) is 0.385. The van der Waals surface area contributed by atoms with Crippen molar-refractivity contribution < 1.29 is 14.3 Å². The Morgan fingerprint density at radius 2 is 1.63 bits per heavy atom. The van der Waals surface area contributed by atoms with Crippen LogP contribution < -0.4 is 10.6 Å². The van der Waals surface area contributed by atoms with Crippen molar-refractivity contribution in [2.45, 2.75) is 25.1 Å². The Morgan fingerprint density at radius 1 is 1.16 bits per heavy atom. The molecule has 0 heterocycles. The number of carbonyl (C=O) groups excluding carboxylic acids is 2. The number of hydrogen-bond donors (Lipinski definition) is 2. The van der Waals surface area contributed by atoms with Gasteiger partial charge in [-0.05, 0) is 45.0 Å².